The first-order chi connectivity index (χ1) is 14.8. The molecule has 2 amide bonds. The number of alkyl halides is 6. The zero-order valence-corrected chi connectivity index (χ0v) is 17.9. The molecule has 0 radical (unpaired) electrons. The van der Waals surface area contributed by atoms with Crippen LogP contribution in [0.25, 0.3) is 0 Å². The average molecular weight is 498 g/mol. The van der Waals surface area contributed by atoms with Crippen molar-refractivity contribution in [3.63, 3.8) is 0 Å². The molecule has 0 aromatic carbocycles. The Morgan fingerprint density at radius 3 is 1.79 bits per heavy atom. The van der Waals surface area contributed by atoms with Crippen molar-refractivity contribution >= 4 is 23.8 Å². The SMILES string of the molecule is CC(C)C[C@H](N)C(=O)N1CCC[C@H](NCC(N)=O)C1.O=C(O)C(F)(F)F.O=C(O)C(F)(F)F. The largest absolute Gasteiger partial charge is 0.490 e. The molecule has 0 aliphatic carbocycles. The smallest absolute Gasteiger partial charge is 0.475 e. The fourth-order valence-electron chi connectivity index (χ4n) is 2.43. The van der Waals surface area contributed by atoms with E-state index >= 15 is 0 Å². The van der Waals surface area contributed by atoms with Crippen LogP contribution >= 0.6 is 0 Å². The van der Waals surface area contributed by atoms with E-state index in [1.807, 2.05) is 0 Å². The minimum absolute atomic E-state index is 0.0132. The normalized spacial score (nSPS) is 17.2. The summed E-state index contributed by atoms with van der Waals surface area (Å²) in [5, 5.41) is 17.3. The monoisotopic (exact) mass is 498 g/mol. The fraction of sp³-hybridized carbons (Fsp3) is 0.765. The van der Waals surface area contributed by atoms with Gasteiger partial charge in [-0.1, -0.05) is 13.8 Å². The number of nitrogens with one attached hydrogen (secondary N) is 1. The summed E-state index contributed by atoms with van der Waals surface area (Å²) in [4.78, 5) is 42.5. The highest BCUT2D eigenvalue weighted by molar-refractivity contribution is 5.81. The highest BCUT2D eigenvalue weighted by Gasteiger charge is 2.38. The fourth-order valence-corrected chi connectivity index (χ4v) is 2.43. The third-order valence-electron chi connectivity index (χ3n) is 3.83. The van der Waals surface area contributed by atoms with Gasteiger partial charge in [-0.15, -0.1) is 0 Å². The molecule has 1 fully saturated rings. The zero-order chi connectivity index (χ0) is 26.6. The molecule has 1 saturated heterocycles. The van der Waals surface area contributed by atoms with Gasteiger partial charge in [0, 0.05) is 19.1 Å². The predicted octanol–water partition coefficient (Wildman–Crippen LogP) is 0.692. The number of primary amides is 1. The van der Waals surface area contributed by atoms with Crippen LogP contribution in [0.5, 0.6) is 0 Å². The number of nitrogens with two attached hydrogens (primary N) is 2. The van der Waals surface area contributed by atoms with E-state index in [1.54, 1.807) is 4.90 Å². The Kier molecular flexibility index (Phi) is 14.3. The molecular weight excluding hydrogens is 470 g/mol. The first kappa shape index (κ1) is 32.6. The van der Waals surface area contributed by atoms with Crippen LogP contribution in [-0.2, 0) is 19.2 Å². The molecule has 1 aliphatic rings. The zero-order valence-electron chi connectivity index (χ0n) is 17.9. The van der Waals surface area contributed by atoms with Crippen LogP contribution in [0.15, 0.2) is 0 Å². The molecule has 0 unspecified atom stereocenters. The van der Waals surface area contributed by atoms with Crippen molar-refractivity contribution in [2.45, 2.75) is 57.5 Å². The summed E-state index contributed by atoms with van der Waals surface area (Å²) in [6.45, 7) is 5.63. The number of hydrogen-bond donors (Lipinski definition) is 5. The number of amides is 2. The summed E-state index contributed by atoms with van der Waals surface area (Å²) >= 11 is 0. The van der Waals surface area contributed by atoms with Gasteiger partial charge in [0.1, 0.15) is 0 Å². The summed E-state index contributed by atoms with van der Waals surface area (Å²) < 4.78 is 63.5. The highest BCUT2D eigenvalue weighted by atomic mass is 19.4. The predicted molar refractivity (Wildman–Crippen MR) is 102 cm³/mol. The number of rotatable bonds is 6. The second kappa shape index (κ2) is 14.5. The highest BCUT2D eigenvalue weighted by Crippen LogP contribution is 2.14. The molecule has 33 heavy (non-hydrogen) atoms. The number of hydrogen-bond acceptors (Lipinski definition) is 6. The van der Waals surface area contributed by atoms with Crippen molar-refractivity contribution in [3.8, 4) is 0 Å². The van der Waals surface area contributed by atoms with Gasteiger partial charge in [-0.25, -0.2) is 9.59 Å². The van der Waals surface area contributed by atoms with Crippen molar-refractivity contribution in [3.05, 3.63) is 0 Å². The Hall–Kier alpha value is -2.62. The summed E-state index contributed by atoms with van der Waals surface area (Å²) in [6.07, 6.45) is -7.58. The lowest BCUT2D eigenvalue weighted by molar-refractivity contribution is -0.193. The molecule has 194 valence electrons. The molecule has 10 nitrogen and oxygen atoms in total. The van der Waals surface area contributed by atoms with Gasteiger partial charge in [-0.2, -0.15) is 26.3 Å². The molecule has 0 aromatic rings. The molecule has 0 spiro atoms. The third kappa shape index (κ3) is 16.6. The number of halogens is 6. The molecule has 1 rings (SSSR count). The lowest BCUT2D eigenvalue weighted by atomic mass is 10.0. The van der Waals surface area contributed by atoms with Gasteiger partial charge >= 0.3 is 24.3 Å². The molecule has 16 heteroatoms. The van der Waals surface area contributed by atoms with Crippen molar-refractivity contribution in [1.29, 1.82) is 0 Å². The maximum absolute atomic E-state index is 12.2. The van der Waals surface area contributed by atoms with E-state index in [-0.39, 0.29) is 24.4 Å². The van der Waals surface area contributed by atoms with Crippen molar-refractivity contribution in [2.24, 2.45) is 17.4 Å². The molecule has 7 N–H and O–H groups in total. The third-order valence-corrected chi connectivity index (χ3v) is 3.83. The number of carboxylic acids is 2. The van der Waals surface area contributed by atoms with Crippen molar-refractivity contribution < 1.29 is 55.7 Å². The van der Waals surface area contributed by atoms with E-state index in [9.17, 15) is 35.9 Å². The van der Waals surface area contributed by atoms with E-state index < -0.39 is 30.3 Å². The molecule has 1 heterocycles. The summed E-state index contributed by atoms with van der Waals surface area (Å²) in [5.41, 5.74) is 11.0. The van der Waals surface area contributed by atoms with Crippen LogP contribution in [0.4, 0.5) is 26.3 Å². The Morgan fingerprint density at radius 1 is 1.03 bits per heavy atom. The van der Waals surface area contributed by atoms with E-state index in [4.69, 9.17) is 31.3 Å². The van der Waals surface area contributed by atoms with Crippen LogP contribution in [0.2, 0.25) is 0 Å². The van der Waals surface area contributed by atoms with Gasteiger partial charge in [0.05, 0.1) is 12.6 Å². The lowest BCUT2D eigenvalue weighted by Crippen LogP contribution is -2.53. The van der Waals surface area contributed by atoms with Gasteiger partial charge in [0.25, 0.3) is 0 Å². The number of nitrogens with zero attached hydrogens (tertiary/aromatic N) is 1. The van der Waals surface area contributed by atoms with Crippen LogP contribution in [0.1, 0.15) is 33.1 Å². The number of aliphatic carboxylic acids is 2. The number of carbonyl (C=O) groups is 4. The molecule has 1 aliphatic heterocycles. The first-order valence-corrected chi connectivity index (χ1v) is 9.45. The van der Waals surface area contributed by atoms with Gasteiger partial charge in [-0.05, 0) is 25.2 Å². The number of carbonyl (C=O) groups excluding carboxylic acids is 2. The Balaban J connectivity index is 0. The van der Waals surface area contributed by atoms with Crippen molar-refractivity contribution in [2.75, 3.05) is 19.6 Å². The standard InChI is InChI=1S/C13H26N4O2.2C2HF3O2/c1-9(2)6-11(14)13(19)17-5-3-4-10(8-17)16-7-12(15)18;2*3-2(4,5)1(6)7/h9-11,16H,3-8,14H2,1-2H3,(H2,15,18);2*(H,6,7)/t10-,11-;;/m0../s1. The van der Waals surface area contributed by atoms with Gasteiger partial charge in [0.15, 0.2) is 0 Å². The van der Waals surface area contributed by atoms with Crippen molar-refractivity contribution in [1.82, 2.24) is 10.2 Å². The Morgan fingerprint density at radius 2 is 1.45 bits per heavy atom. The summed E-state index contributed by atoms with van der Waals surface area (Å²) in [7, 11) is 0. The Labute approximate surface area is 185 Å². The number of carboxylic acid groups (broad SMARTS) is 2. The topological polar surface area (TPSA) is 176 Å². The van der Waals surface area contributed by atoms with Crippen LogP contribution in [0.3, 0.4) is 0 Å². The Bertz CT molecular complexity index is 633. The molecule has 0 bridgehead atoms. The minimum atomic E-state index is -5.08. The van der Waals surface area contributed by atoms with E-state index in [1.165, 1.54) is 0 Å². The van der Waals surface area contributed by atoms with E-state index in [0.29, 0.717) is 18.9 Å². The summed E-state index contributed by atoms with van der Waals surface area (Å²) in [5.74, 6) is -5.47. The quantitative estimate of drug-likeness (QED) is 0.332. The molecule has 0 aromatic heterocycles. The lowest BCUT2D eigenvalue weighted by Gasteiger charge is -2.34. The van der Waals surface area contributed by atoms with Crippen LogP contribution < -0.4 is 16.8 Å². The van der Waals surface area contributed by atoms with E-state index in [0.717, 1.165) is 19.4 Å². The first-order valence-electron chi connectivity index (χ1n) is 9.45. The molecular formula is C17H28F6N4O6. The van der Waals surface area contributed by atoms with Gasteiger partial charge in [-0.3, -0.25) is 9.59 Å². The van der Waals surface area contributed by atoms with E-state index in [2.05, 4.69) is 19.2 Å². The van der Waals surface area contributed by atoms with Crippen LogP contribution in [-0.4, -0.2) is 82.9 Å². The number of likely N-dealkylation sites (tertiary alicyclic amines) is 1. The average Bonchev–Trinajstić information content (AvgIpc) is 2.65. The minimum Gasteiger partial charge on any atom is -0.475 e. The summed E-state index contributed by atoms with van der Waals surface area (Å²) in [6, 6.07) is -0.286. The second-order valence-corrected chi connectivity index (χ2v) is 7.31. The van der Waals surface area contributed by atoms with Gasteiger partial charge in [0.2, 0.25) is 11.8 Å². The second-order valence-electron chi connectivity index (χ2n) is 7.31. The number of piperidine rings is 1. The maximum Gasteiger partial charge on any atom is 0.490 e. The maximum atomic E-state index is 12.2. The van der Waals surface area contributed by atoms with Crippen LogP contribution in [0, 0.1) is 5.92 Å². The molecule has 0 saturated carbocycles. The van der Waals surface area contributed by atoms with Gasteiger partial charge < -0.3 is 31.9 Å². The molecule has 2 atom stereocenters.